The van der Waals surface area contributed by atoms with Crippen LogP contribution in [-0.2, 0) is 62.1 Å². The Hall–Kier alpha value is -9.51. The smallest absolute Gasteiger partial charge is 0.258 e. The minimum absolute atomic E-state index is 0.105. The first kappa shape index (κ1) is 68.0. The summed E-state index contributed by atoms with van der Waals surface area (Å²) in [4.78, 5) is 90.7. The molecule has 0 fully saturated rings. The fourth-order valence-corrected chi connectivity index (χ4v) is 9.43. The molecule has 0 saturated carbocycles. The zero-order chi connectivity index (χ0) is 64.5. The molecule has 0 spiro atoms. The molecule has 0 bridgehead atoms. The van der Waals surface area contributed by atoms with Crippen molar-refractivity contribution in [1.82, 2.24) is 46.9 Å². The molecule has 27 heteroatoms. The third-order valence-corrected chi connectivity index (χ3v) is 14.0. The molecule has 480 valence electrons. The summed E-state index contributed by atoms with van der Waals surface area (Å²) >= 11 is 0. The maximum atomic E-state index is 13.2. The second-order valence-corrected chi connectivity index (χ2v) is 19.9. The number of pyridine rings is 3. The van der Waals surface area contributed by atoms with Crippen molar-refractivity contribution in [2.24, 2.45) is 0 Å². The molecule has 6 aromatic rings. The van der Waals surface area contributed by atoms with E-state index in [0.29, 0.717) is 70.3 Å². The van der Waals surface area contributed by atoms with Crippen LogP contribution in [0.25, 0.3) is 0 Å². The molecule has 7 rings (SSSR count). The minimum Gasteiger partial charge on any atom is -0.493 e. The SMILES string of the molecule is COc1cc2c(cc1OCC(=O)NCCNC(=O)c1ccc(C(OC)OC)nc1)Cc1cc(OC)c(OCC(=O)NCCNC(=O)c3ccc(C(OC)OC)nc3)cc1Cc1cc(OC)c(OCC(=O)NCCNC(=O)c3ccc(C(OC)OC)nc3)cc1C2. The van der Waals surface area contributed by atoms with Crippen LogP contribution in [0.4, 0.5) is 0 Å². The Kier molecular flexibility index (Phi) is 25.9. The van der Waals surface area contributed by atoms with E-state index in [1.54, 1.807) is 36.4 Å². The molecule has 3 aromatic carbocycles. The summed E-state index contributed by atoms with van der Waals surface area (Å²) in [6.07, 6.45) is 3.20. The zero-order valence-corrected chi connectivity index (χ0v) is 51.6. The fourth-order valence-electron chi connectivity index (χ4n) is 9.43. The number of hydrogen-bond donors (Lipinski definition) is 6. The van der Waals surface area contributed by atoms with Crippen LogP contribution in [0.2, 0.25) is 0 Å². The lowest BCUT2D eigenvalue weighted by Gasteiger charge is -2.18. The summed E-state index contributed by atoms with van der Waals surface area (Å²) in [5.74, 6) is -0.629. The van der Waals surface area contributed by atoms with Crippen molar-refractivity contribution in [1.29, 1.82) is 0 Å². The highest BCUT2D eigenvalue weighted by Crippen LogP contribution is 2.41. The van der Waals surface area contributed by atoms with Crippen LogP contribution < -0.4 is 60.3 Å². The molecule has 0 aliphatic heterocycles. The van der Waals surface area contributed by atoms with Crippen LogP contribution in [-0.4, -0.2) is 173 Å². The van der Waals surface area contributed by atoms with Gasteiger partial charge in [-0.25, -0.2) is 0 Å². The van der Waals surface area contributed by atoms with Crippen molar-refractivity contribution in [3.8, 4) is 34.5 Å². The molecular formula is C63H75N9O18. The first-order valence-corrected chi connectivity index (χ1v) is 28.3. The number of methoxy groups -OCH3 is 9. The molecule has 90 heavy (non-hydrogen) atoms. The van der Waals surface area contributed by atoms with Gasteiger partial charge in [-0.05, 0) is 125 Å². The van der Waals surface area contributed by atoms with Crippen molar-refractivity contribution in [3.63, 3.8) is 0 Å². The molecule has 3 heterocycles. The maximum Gasteiger partial charge on any atom is 0.258 e. The summed E-state index contributed by atoms with van der Waals surface area (Å²) in [5.41, 5.74) is 7.33. The highest BCUT2D eigenvalue weighted by Gasteiger charge is 2.25. The zero-order valence-electron chi connectivity index (χ0n) is 51.6. The highest BCUT2D eigenvalue weighted by atomic mass is 16.7. The van der Waals surface area contributed by atoms with Crippen LogP contribution in [0, 0.1) is 0 Å². The Morgan fingerprint density at radius 2 is 0.578 bits per heavy atom. The van der Waals surface area contributed by atoms with Crippen LogP contribution in [0.5, 0.6) is 34.5 Å². The Morgan fingerprint density at radius 3 is 0.789 bits per heavy atom. The summed E-state index contributed by atoms with van der Waals surface area (Å²) in [5, 5.41) is 16.6. The molecular weight excluding hydrogens is 1170 g/mol. The second kappa shape index (κ2) is 34.3. The standard InChI is InChI=1S/C63H75N9O18/c1-79-49-25-40-22-44-29-53(89-35-56(74)65-17-20-68-59(77)38-11-14-47(71-32-38)62(84-6)85-7)51(81-3)27-42(44)24-45-30-54(90-36-57(75)66-18-21-69-60(78)39-12-15-48(72-33-39)63(86-8)87-9)50(80-2)26-41(45)23-43(40)28-52(49)88-34-55(73)64-16-19-67-58(76)37-10-13-46(70-31-37)61(82-4)83-5/h10-15,25-33,61-63H,16-24,34-36H2,1-9H3,(H,64,73)(H,65,74)(H,66,75)(H,67,76)(H,68,77)(H,69,78). The van der Waals surface area contributed by atoms with Crippen LogP contribution in [0.15, 0.2) is 91.4 Å². The molecule has 1 aliphatic rings. The van der Waals surface area contributed by atoms with Crippen molar-refractivity contribution < 1.29 is 85.6 Å². The third-order valence-electron chi connectivity index (χ3n) is 14.0. The summed E-state index contributed by atoms with van der Waals surface area (Å²) < 4.78 is 67.3. The molecule has 0 atom stereocenters. The number of rotatable bonds is 33. The Balaban J connectivity index is 1.05. The van der Waals surface area contributed by atoms with E-state index in [4.69, 9.17) is 56.8 Å². The lowest BCUT2D eigenvalue weighted by Crippen LogP contribution is -2.36. The number of carbonyl (C=O) groups is 6. The van der Waals surface area contributed by atoms with Crippen LogP contribution in [0.3, 0.4) is 0 Å². The van der Waals surface area contributed by atoms with Gasteiger partial charge in [0.1, 0.15) is 0 Å². The van der Waals surface area contributed by atoms with Crippen molar-refractivity contribution in [2.45, 2.75) is 38.1 Å². The number of carbonyl (C=O) groups excluding carboxylic acids is 6. The van der Waals surface area contributed by atoms with E-state index in [2.05, 4.69) is 46.9 Å². The molecule has 6 amide bonds. The number of ether oxygens (including phenoxy) is 12. The van der Waals surface area contributed by atoms with Gasteiger partial charge in [-0.1, -0.05) is 0 Å². The molecule has 3 aromatic heterocycles. The van der Waals surface area contributed by atoms with Crippen LogP contribution in [0.1, 0.15) is 100 Å². The second-order valence-electron chi connectivity index (χ2n) is 19.9. The molecule has 6 N–H and O–H groups in total. The van der Waals surface area contributed by atoms with E-state index in [9.17, 15) is 28.8 Å². The maximum absolute atomic E-state index is 13.2. The number of benzene rings is 3. The van der Waals surface area contributed by atoms with E-state index in [0.717, 1.165) is 33.4 Å². The summed E-state index contributed by atoms with van der Waals surface area (Å²) in [6.45, 7) is -0.480. The van der Waals surface area contributed by atoms with E-state index in [1.807, 2.05) is 36.4 Å². The topological polar surface area (TPSA) is 324 Å². The Bertz CT molecular complexity index is 3040. The average Bonchev–Trinajstić information content (AvgIpc) is 1.72. The van der Waals surface area contributed by atoms with Crippen molar-refractivity contribution in [3.05, 3.63) is 159 Å². The number of nitrogens with zero attached hydrogens (tertiary/aromatic N) is 3. The molecule has 1 aliphatic carbocycles. The number of aromatic nitrogens is 3. The normalized spacial score (nSPS) is 11.6. The van der Waals surface area contributed by atoms with Gasteiger partial charge in [0, 0.05) is 101 Å². The number of fused-ring (bicyclic) bond motifs is 3. The number of nitrogens with one attached hydrogen (secondary N) is 6. The molecule has 27 nitrogen and oxygen atoms in total. The van der Waals surface area contributed by atoms with Gasteiger partial charge in [-0.15, -0.1) is 0 Å². The third kappa shape index (κ3) is 18.8. The monoisotopic (exact) mass is 1250 g/mol. The number of amides is 6. The highest BCUT2D eigenvalue weighted by molar-refractivity contribution is 5.95. The quantitative estimate of drug-likeness (QED) is 0.0253. The van der Waals surface area contributed by atoms with Crippen molar-refractivity contribution in [2.75, 3.05) is 123 Å². The fraction of sp³-hybridized carbons (Fsp3) is 0.381. The van der Waals surface area contributed by atoms with Gasteiger partial charge in [0.05, 0.1) is 55.1 Å². The van der Waals surface area contributed by atoms with Gasteiger partial charge in [0.15, 0.2) is 54.3 Å². The first-order valence-electron chi connectivity index (χ1n) is 28.3. The van der Waals surface area contributed by atoms with Gasteiger partial charge in [-0.3, -0.25) is 43.7 Å². The van der Waals surface area contributed by atoms with Gasteiger partial charge in [-0.2, -0.15) is 0 Å². The Labute approximate surface area is 520 Å². The predicted octanol–water partition coefficient (Wildman–Crippen LogP) is 3.63. The molecule has 0 saturated heterocycles. The predicted molar refractivity (Wildman–Crippen MR) is 323 cm³/mol. The summed E-state index contributed by atoms with van der Waals surface area (Å²) in [6, 6.07) is 20.6. The van der Waals surface area contributed by atoms with E-state index < -0.39 is 36.6 Å². The van der Waals surface area contributed by atoms with E-state index in [-0.39, 0.29) is 94.1 Å². The summed E-state index contributed by atoms with van der Waals surface area (Å²) in [7, 11) is 13.4. The van der Waals surface area contributed by atoms with E-state index in [1.165, 1.54) is 82.6 Å². The van der Waals surface area contributed by atoms with E-state index >= 15 is 0 Å². The number of hydrogen-bond acceptors (Lipinski definition) is 21. The van der Waals surface area contributed by atoms with Gasteiger partial charge < -0.3 is 88.7 Å². The Morgan fingerprint density at radius 1 is 0.344 bits per heavy atom. The van der Waals surface area contributed by atoms with Gasteiger partial charge in [0.2, 0.25) is 18.9 Å². The molecule has 0 unspecified atom stereocenters. The lowest BCUT2D eigenvalue weighted by molar-refractivity contribution is -0.123. The van der Waals surface area contributed by atoms with Crippen molar-refractivity contribution >= 4 is 35.4 Å². The molecule has 0 radical (unpaired) electrons. The average molecular weight is 1250 g/mol. The van der Waals surface area contributed by atoms with Gasteiger partial charge in [0.25, 0.3) is 35.4 Å². The van der Waals surface area contributed by atoms with Crippen LogP contribution >= 0.6 is 0 Å². The van der Waals surface area contributed by atoms with Gasteiger partial charge >= 0.3 is 0 Å². The first-order chi connectivity index (χ1) is 43.6. The minimum atomic E-state index is -0.675. The largest absolute Gasteiger partial charge is 0.493 e. The lowest BCUT2D eigenvalue weighted by atomic mass is 9.94.